The second kappa shape index (κ2) is 8.30. The van der Waals surface area contributed by atoms with Gasteiger partial charge < -0.3 is 0 Å². The zero-order valence-electron chi connectivity index (χ0n) is 12.6. The first-order chi connectivity index (χ1) is 10.9. The van der Waals surface area contributed by atoms with Gasteiger partial charge in [-0.3, -0.25) is 0 Å². The lowest BCUT2D eigenvalue weighted by Crippen LogP contribution is -1.93. The summed E-state index contributed by atoms with van der Waals surface area (Å²) in [4.78, 5) is 0. The minimum absolute atomic E-state index is 1.08. The van der Waals surface area contributed by atoms with E-state index in [0.717, 1.165) is 23.0 Å². The van der Waals surface area contributed by atoms with Crippen LogP contribution >= 0.6 is 23.5 Å². The second-order valence-electron chi connectivity index (χ2n) is 5.24. The van der Waals surface area contributed by atoms with Gasteiger partial charge in [-0.15, -0.1) is 0 Å². The molecule has 1 heterocycles. The fourth-order valence-corrected chi connectivity index (χ4v) is 4.21. The molecule has 3 rings (SSSR count). The summed E-state index contributed by atoms with van der Waals surface area (Å²) in [7, 11) is 0. The highest BCUT2D eigenvalue weighted by Crippen LogP contribution is 2.26. The number of hydrogen-bond donors (Lipinski definition) is 0. The Balaban J connectivity index is 1.91. The lowest BCUT2D eigenvalue weighted by Gasteiger charge is -2.11. The quantitative estimate of drug-likeness (QED) is 0.499. The van der Waals surface area contributed by atoms with E-state index in [1.54, 1.807) is 0 Å². The molecular formula is C20H20S2. The maximum Gasteiger partial charge on any atom is 0.0193 e. The maximum absolute atomic E-state index is 2.30. The first-order valence-corrected chi connectivity index (χ1v) is 9.89. The predicted octanol–water partition coefficient (Wildman–Crippen LogP) is 5.89. The van der Waals surface area contributed by atoms with E-state index in [2.05, 4.69) is 72.8 Å². The Bertz CT molecular complexity index is 626. The van der Waals surface area contributed by atoms with Crippen molar-refractivity contribution in [1.82, 2.24) is 0 Å². The molecule has 2 bridgehead atoms. The van der Waals surface area contributed by atoms with Crippen LogP contribution in [0.2, 0.25) is 0 Å². The normalized spacial score (nSPS) is 17.1. The Morgan fingerprint density at radius 1 is 0.682 bits per heavy atom. The largest absolute Gasteiger partial charge is 0.153 e. The van der Waals surface area contributed by atoms with Crippen molar-refractivity contribution >= 4 is 35.7 Å². The summed E-state index contributed by atoms with van der Waals surface area (Å²) in [5.74, 6) is 4.37. The summed E-state index contributed by atoms with van der Waals surface area (Å²) in [5.41, 5.74) is 5.57. The van der Waals surface area contributed by atoms with Crippen LogP contribution in [-0.4, -0.2) is 11.5 Å². The van der Waals surface area contributed by atoms with Gasteiger partial charge in [-0.2, -0.15) is 23.5 Å². The molecule has 22 heavy (non-hydrogen) atoms. The first-order valence-electron chi connectivity index (χ1n) is 7.58. The summed E-state index contributed by atoms with van der Waals surface area (Å²) in [6, 6.07) is 17.3. The second-order valence-corrected chi connectivity index (χ2v) is 7.30. The third kappa shape index (κ3) is 4.31. The lowest BCUT2D eigenvalue weighted by atomic mass is 10.0. The Morgan fingerprint density at radius 3 is 1.95 bits per heavy atom. The van der Waals surface area contributed by atoms with Gasteiger partial charge in [0.1, 0.15) is 0 Å². The van der Waals surface area contributed by atoms with Crippen molar-refractivity contribution in [2.24, 2.45) is 0 Å². The summed E-state index contributed by atoms with van der Waals surface area (Å²) in [6.45, 7) is 0. The number of hydrogen-bond acceptors (Lipinski definition) is 2. The molecule has 1 aliphatic rings. The number of benzene rings is 2. The van der Waals surface area contributed by atoms with Crippen LogP contribution < -0.4 is 0 Å². The van der Waals surface area contributed by atoms with Gasteiger partial charge in [0.15, 0.2) is 0 Å². The number of fused-ring (bicyclic) bond motifs is 2. The molecule has 0 amide bonds. The van der Waals surface area contributed by atoms with E-state index < -0.39 is 0 Å². The van der Waals surface area contributed by atoms with Gasteiger partial charge in [-0.1, -0.05) is 72.8 Å². The van der Waals surface area contributed by atoms with Gasteiger partial charge in [0.2, 0.25) is 0 Å². The molecule has 0 unspecified atom stereocenters. The average molecular weight is 325 g/mol. The highest BCUT2D eigenvalue weighted by Gasteiger charge is 2.07. The Hall–Kier alpha value is -1.38. The van der Waals surface area contributed by atoms with Crippen LogP contribution in [0.5, 0.6) is 0 Å². The van der Waals surface area contributed by atoms with Crippen LogP contribution in [0.1, 0.15) is 22.3 Å². The van der Waals surface area contributed by atoms with E-state index >= 15 is 0 Å². The Kier molecular flexibility index (Phi) is 5.86. The number of rotatable bonds is 2. The highest BCUT2D eigenvalue weighted by molar-refractivity contribution is 7.99. The zero-order chi connectivity index (χ0) is 15.0. The molecule has 0 radical (unpaired) electrons. The molecule has 0 atom stereocenters. The van der Waals surface area contributed by atoms with E-state index in [-0.39, 0.29) is 0 Å². The van der Waals surface area contributed by atoms with Gasteiger partial charge in [0, 0.05) is 23.0 Å². The van der Waals surface area contributed by atoms with Crippen molar-refractivity contribution in [3.63, 3.8) is 0 Å². The zero-order valence-corrected chi connectivity index (χ0v) is 14.2. The molecule has 1 aliphatic heterocycles. The van der Waals surface area contributed by atoms with Crippen LogP contribution in [0.4, 0.5) is 0 Å². The van der Waals surface area contributed by atoms with Crippen molar-refractivity contribution in [3.8, 4) is 0 Å². The van der Waals surface area contributed by atoms with E-state index in [4.69, 9.17) is 0 Å². The topological polar surface area (TPSA) is 0 Å². The minimum atomic E-state index is 1.08. The molecule has 0 nitrogen and oxygen atoms in total. The molecule has 0 saturated heterocycles. The molecular weight excluding hydrogens is 304 g/mol. The molecule has 0 aromatic heterocycles. The summed E-state index contributed by atoms with van der Waals surface area (Å²) < 4.78 is 0. The third-order valence-electron chi connectivity index (χ3n) is 3.64. The fraction of sp³-hybridized carbons (Fsp3) is 0.200. The monoisotopic (exact) mass is 324 g/mol. The van der Waals surface area contributed by atoms with Gasteiger partial charge in [-0.25, -0.2) is 0 Å². The van der Waals surface area contributed by atoms with Gasteiger partial charge in [0.05, 0.1) is 0 Å². The molecule has 0 fully saturated rings. The van der Waals surface area contributed by atoms with Crippen LogP contribution in [0.15, 0.2) is 60.7 Å². The van der Waals surface area contributed by atoms with Crippen LogP contribution in [0.3, 0.4) is 0 Å². The van der Waals surface area contributed by atoms with E-state index in [0.29, 0.717) is 0 Å². The van der Waals surface area contributed by atoms with Crippen molar-refractivity contribution < 1.29 is 0 Å². The molecule has 0 N–H and O–H groups in total. The molecule has 2 heteroatoms. The van der Waals surface area contributed by atoms with Crippen molar-refractivity contribution in [2.45, 2.75) is 11.5 Å². The summed E-state index contributed by atoms with van der Waals surface area (Å²) in [5, 5.41) is 0. The Morgan fingerprint density at radius 2 is 1.32 bits per heavy atom. The summed E-state index contributed by atoms with van der Waals surface area (Å²) in [6.07, 6.45) is 9.12. The maximum atomic E-state index is 2.30. The van der Waals surface area contributed by atoms with E-state index in [1.165, 1.54) is 22.3 Å². The molecule has 112 valence electrons. The van der Waals surface area contributed by atoms with E-state index in [9.17, 15) is 0 Å². The van der Waals surface area contributed by atoms with Crippen LogP contribution in [-0.2, 0) is 11.5 Å². The molecule has 2 aromatic rings. The standard InChI is InChI=1S/C20H20S2/c1-2-7-17(8-3-1)11-12-20-18-9-6-10-19(20)16-22-14-5-4-13-21-15-18/h1-12H,13-16H2/b5-4-,12-11+. The van der Waals surface area contributed by atoms with Gasteiger partial charge >= 0.3 is 0 Å². The van der Waals surface area contributed by atoms with Crippen molar-refractivity contribution in [2.75, 3.05) is 11.5 Å². The Labute approximate surface area is 141 Å². The van der Waals surface area contributed by atoms with Gasteiger partial charge in [0.25, 0.3) is 0 Å². The SMILES string of the molecule is C1=C\CSCc2cccc(c2/C=C/c2ccccc2)CSC/1. The smallest absolute Gasteiger partial charge is 0.0193 e. The van der Waals surface area contributed by atoms with E-state index in [1.807, 2.05) is 23.5 Å². The molecule has 0 saturated carbocycles. The molecule has 0 spiro atoms. The van der Waals surface area contributed by atoms with Gasteiger partial charge in [-0.05, 0) is 22.3 Å². The predicted molar refractivity (Wildman–Crippen MR) is 103 cm³/mol. The summed E-state index contributed by atoms with van der Waals surface area (Å²) >= 11 is 3.98. The molecule has 2 aromatic carbocycles. The highest BCUT2D eigenvalue weighted by atomic mass is 32.2. The molecule has 0 aliphatic carbocycles. The minimum Gasteiger partial charge on any atom is -0.153 e. The van der Waals surface area contributed by atoms with Crippen LogP contribution in [0.25, 0.3) is 12.2 Å². The lowest BCUT2D eigenvalue weighted by molar-refractivity contribution is 1.31. The average Bonchev–Trinajstić information content (AvgIpc) is 2.58. The number of thioether (sulfide) groups is 2. The van der Waals surface area contributed by atoms with Crippen molar-refractivity contribution in [1.29, 1.82) is 0 Å². The first kappa shape index (κ1) is 15.5. The van der Waals surface area contributed by atoms with Crippen LogP contribution in [0, 0.1) is 0 Å². The van der Waals surface area contributed by atoms with Crippen molar-refractivity contribution in [3.05, 3.63) is 82.9 Å². The third-order valence-corrected chi connectivity index (χ3v) is 5.53. The fourth-order valence-electron chi connectivity index (χ4n) is 2.49.